The van der Waals surface area contributed by atoms with Gasteiger partial charge in [-0.3, -0.25) is 0 Å². The van der Waals surface area contributed by atoms with Crippen molar-refractivity contribution in [1.82, 2.24) is 5.32 Å². The maximum Gasteiger partial charge on any atom is 1.00 e. The fourth-order valence-corrected chi connectivity index (χ4v) is 2.29. The van der Waals surface area contributed by atoms with Gasteiger partial charge in [0.15, 0.2) is 0 Å². The molecule has 0 aromatic rings. The van der Waals surface area contributed by atoms with Crippen LogP contribution in [0.15, 0.2) is 0 Å². The van der Waals surface area contributed by atoms with Crippen molar-refractivity contribution in [3.05, 3.63) is 0 Å². The van der Waals surface area contributed by atoms with Gasteiger partial charge in [0.25, 0.3) is 0 Å². The summed E-state index contributed by atoms with van der Waals surface area (Å²) >= 11 is 0. The second-order valence-electron chi connectivity index (χ2n) is 5.58. The molecule has 5 nitrogen and oxygen atoms in total. The van der Waals surface area contributed by atoms with Crippen molar-refractivity contribution in [2.75, 3.05) is 6.54 Å². The molecular weight excluding hydrogens is 316 g/mol. The normalized spacial score (nSPS) is 11.2. The second-order valence-corrected chi connectivity index (χ2v) is 5.58. The van der Waals surface area contributed by atoms with E-state index in [-0.39, 0.29) is 59.1 Å². The number of carboxylic acids is 2. The zero-order chi connectivity index (χ0) is 15.9. The number of nitrogens with one attached hydrogen (secondary N) is 1. The van der Waals surface area contributed by atoms with E-state index in [9.17, 15) is 19.8 Å². The summed E-state index contributed by atoms with van der Waals surface area (Å²) in [4.78, 5) is 21.1. The molecule has 0 aliphatic rings. The fourth-order valence-electron chi connectivity index (χ4n) is 2.29. The monoisotopic (exact) mass is 345 g/mol. The third-order valence-corrected chi connectivity index (χ3v) is 3.58. The SMILES string of the molecule is CCCCCCCCCCCCN[C@@H](CC(=O)[O-])C(=O)[O-].[Na+].[Na+]. The minimum absolute atomic E-state index is 0. The van der Waals surface area contributed by atoms with E-state index in [1.807, 2.05) is 0 Å². The number of carbonyl (C=O) groups excluding carboxylic acids is 2. The van der Waals surface area contributed by atoms with Crippen LogP contribution in [0.25, 0.3) is 0 Å². The summed E-state index contributed by atoms with van der Waals surface area (Å²) in [6.45, 7) is 2.72. The van der Waals surface area contributed by atoms with E-state index in [1.165, 1.54) is 44.9 Å². The molecule has 0 bridgehead atoms. The summed E-state index contributed by atoms with van der Waals surface area (Å²) in [6, 6.07) is -1.14. The molecule has 0 aromatic carbocycles. The van der Waals surface area contributed by atoms with Crippen molar-refractivity contribution in [2.24, 2.45) is 0 Å². The molecule has 0 aliphatic carbocycles. The van der Waals surface area contributed by atoms with Crippen LogP contribution < -0.4 is 74.6 Å². The van der Waals surface area contributed by atoms with Gasteiger partial charge in [-0.2, -0.15) is 0 Å². The third kappa shape index (κ3) is 20.9. The first-order valence-corrected chi connectivity index (χ1v) is 8.22. The Labute approximate surface area is 185 Å². The zero-order valence-electron chi connectivity index (χ0n) is 15.2. The van der Waals surface area contributed by atoms with Gasteiger partial charge in [0.2, 0.25) is 0 Å². The summed E-state index contributed by atoms with van der Waals surface area (Å²) in [5.74, 6) is -2.76. The molecule has 0 radical (unpaired) electrons. The Morgan fingerprint density at radius 2 is 1.26 bits per heavy atom. The molecule has 124 valence electrons. The third-order valence-electron chi connectivity index (χ3n) is 3.58. The second kappa shape index (κ2) is 20.9. The average molecular weight is 345 g/mol. The van der Waals surface area contributed by atoms with Crippen LogP contribution in [0, 0.1) is 0 Å². The topological polar surface area (TPSA) is 92.3 Å². The molecular formula is C16H29NNa2O4. The molecule has 0 aliphatic heterocycles. The number of carboxylic acid groups (broad SMARTS) is 2. The van der Waals surface area contributed by atoms with E-state index in [2.05, 4.69) is 12.2 Å². The Bertz CT molecular complexity index is 291. The van der Waals surface area contributed by atoms with Crippen LogP contribution in [0.2, 0.25) is 0 Å². The molecule has 0 heterocycles. The Kier molecular flexibility index (Phi) is 26.1. The minimum atomic E-state index is -1.38. The zero-order valence-corrected chi connectivity index (χ0v) is 19.2. The van der Waals surface area contributed by atoms with Crippen LogP contribution in [0.5, 0.6) is 0 Å². The van der Waals surface area contributed by atoms with E-state index in [4.69, 9.17) is 0 Å². The summed E-state index contributed by atoms with van der Waals surface area (Å²) in [6.07, 6.45) is 11.5. The molecule has 1 N–H and O–H groups in total. The van der Waals surface area contributed by atoms with E-state index < -0.39 is 24.4 Å². The first-order chi connectivity index (χ1) is 10.1. The molecule has 0 aromatic heterocycles. The first kappa shape index (κ1) is 28.7. The van der Waals surface area contributed by atoms with Crippen LogP contribution in [0.3, 0.4) is 0 Å². The predicted octanol–water partition coefficient (Wildman–Crippen LogP) is -5.24. The van der Waals surface area contributed by atoms with E-state index in [1.54, 1.807) is 0 Å². The molecule has 0 fully saturated rings. The van der Waals surface area contributed by atoms with Gasteiger partial charge in [0.1, 0.15) is 0 Å². The summed E-state index contributed by atoms with van der Waals surface area (Å²) < 4.78 is 0. The van der Waals surface area contributed by atoms with Crippen LogP contribution >= 0.6 is 0 Å². The largest absolute Gasteiger partial charge is 1.00 e. The van der Waals surface area contributed by atoms with Crippen LogP contribution in [0.4, 0.5) is 0 Å². The Morgan fingerprint density at radius 1 is 0.826 bits per heavy atom. The van der Waals surface area contributed by atoms with Crippen molar-refractivity contribution < 1.29 is 78.9 Å². The number of rotatable bonds is 15. The van der Waals surface area contributed by atoms with Gasteiger partial charge >= 0.3 is 59.1 Å². The molecule has 0 amide bonds. The Balaban J connectivity index is -0.00000200. The first-order valence-electron chi connectivity index (χ1n) is 8.22. The van der Waals surface area contributed by atoms with E-state index >= 15 is 0 Å². The van der Waals surface area contributed by atoms with Gasteiger partial charge in [-0.05, 0) is 13.0 Å². The molecule has 0 unspecified atom stereocenters. The van der Waals surface area contributed by atoms with Gasteiger partial charge in [-0.25, -0.2) is 0 Å². The molecule has 0 spiro atoms. The predicted molar refractivity (Wildman–Crippen MR) is 78.3 cm³/mol. The maximum absolute atomic E-state index is 10.7. The minimum Gasteiger partial charge on any atom is -0.550 e. The van der Waals surface area contributed by atoms with Crippen molar-refractivity contribution in [3.63, 3.8) is 0 Å². The van der Waals surface area contributed by atoms with Crippen LogP contribution in [-0.4, -0.2) is 24.5 Å². The molecule has 0 saturated heterocycles. The van der Waals surface area contributed by atoms with Crippen molar-refractivity contribution >= 4 is 11.9 Å². The van der Waals surface area contributed by atoms with Crippen molar-refractivity contribution in [1.29, 1.82) is 0 Å². The Morgan fingerprint density at radius 3 is 1.65 bits per heavy atom. The van der Waals surface area contributed by atoms with Crippen molar-refractivity contribution in [3.8, 4) is 0 Å². The molecule has 1 atom stereocenters. The summed E-state index contributed by atoms with van der Waals surface area (Å²) in [5, 5.41) is 23.7. The maximum atomic E-state index is 10.7. The number of hydrogen-bond acceptors (Lipinski definition) is 5. The Hall–Kier alpha value is 0.900. The van der Waals surface area contributed by atoms with Gasteiger partial charge < -0.3 is 25.1 Å². The standard InChI is InChI=1S/C16H31NO4.2Na/c1-2-3-4-5-6-7-8-9-10-11-12-17-14(16(20)21)13-15(18)19;;/h14,17H,2-13H2,1H3,(H,18,19)(H,20,21);;/q;2*+1/p-2/t14-;;/m0../s1. The van der Waals surface area contributed by atoms with E-state index in [0.29, 0.717) is 6.54 Å². The quantitative estimate of drug-likeness (QED) is 0.237. The van der Waals surface area contributed by atoms with Crippen LogP contribution in [-0.2, 0) is 9.59 Å². The number of unbranched alkanes of at least 4 members (excludes halogenated alkanes) is 9. The molecule has 23 heavy (non-hydrogen) atoms. The van der Waals surface area contributed by atoms with E-state index in [0.717, 1.165) is 19.3 Å². The fraction of sp³-hybridized carbons (Fsp3) is 0.875. The van der Waals surface area contributed by atoms with Gasteiger partial charge in [0, 0.05) is 12.4 Å². The van der Waals surface area contributed by atoms with Crippen molar-refractivity contribution in [2.45, 2.75) is 83.6 Å². The molecule has 0 rings (SSSR count). The average Bonchev–Trinajstić information content (AvgIpc) is 2.42. The van der Waals surface area contributed by atoms with Gasteiger partial charge in [-0.1, -0.05) is 64.7 Å². The smallest absolute Gasteiger partial charge is 0.550 e. The number of hydrogen-bond donors (Lipinski definition) is 1. The summed E-state index contributed by atoms with van der Waals surface area (Å²) in [7, 11) is 0. The van der Waals surface area contributed by atoms with Gasteiger partial charge in [0.05, 0.1) is 12.0 Å². The van der Waals surface area contributed by atoms with Crippen LogP contribution in [0.1, 0.15) is 77.6 Å². The summed E-state index contributed by atoms with van der Waals surface area (Å²) in [5.41, 5.74) is 0. The number of aliphatic carboxylic acids is 2. The number of carbonyl (C=O) groups is 2. The molecule has 7 heteroatoms. The van der Waals surface area contributed by atoms with Gasteiger partial charge in [-0.15, -0.1) is 0 Å². The molecule has 0 saturated carbocycles.